The molecule has 1 aliphatic carbocycles. The highest BCUT2D eigenvalue weighted by molar-refractivity contribution is 7.13. The SMILES string of the molecule is CNCC1CCCN1C(=O)c1sc(C2CCCC2)nc1C. The van der Waals surface area contributed by atoms with Gasteiger partial charge >= 0.3 is 0 Å². The first-order valence-corrected chi connectivity index (χ1v) is 8.95. The predicted octanol–water partition coefficient (Wildman–Crippen LogP) is 2.93. The first-order chi connectivity index (χ1) is 10.2. The van der Waals surface area contributed by atoms with Crippen molar-refractivity contribution < 1.29 is 4.79 Å². The average Bonchev–Trinajstić information content (AvgIpc) is 3.17. The molecule has 4 nitrogen and oxygen atoms in total. The Morgan fingerprint density at radius 3 is 2.81 bits per heavy atom. The number of carbonyl (C=O) groups excluding carboxylic acids is 1. The smallest absolute Gasteiger partial charge is 0.266 e. The third kappa shape index (κ3) is 2.99. The quantitative estimate of drug-likeness (QED) is 0.930. The summed E-state index contributed by atoms with van der Waals surface area (Å²) in [6, 6.07) is 0.346. The molecular formula is C16H25N3OS. The zero-order valence-corrected chi connectivity index (χ0v) is 13.8. The molecule has 21 heavy (non-hydrogen) atoms. The molecule has 1 unspecified atom stereocenters. The fourth-order valence-corrected chi connectivity index (χ4v) is 4.84. The van der Waals surface area contributed by atoms with Crippen LogP contribution in [0.2, 0.25) is 0 Å². The van der Waals surface area contributed by atoms with Gasteiger partial charge in [0.1, 0.15) is 4.88 Å². The number of likely N-dealkylation sites (tertiary alicyclic amines) is 1. The normalized spacial score (nSPS) is 23.1. The Morgan fingerprint density at radius 1 is 1.33 bits per heavy atom. The van der Waals surface area contributed by atoms with Gasteiger partial charge in [0.25, 0.3) is 5.91 Å². The average molecular weight is 307 g/mol. The van der Waals surface area contributed by atoms with Crippen LogP contribution in [0.1, 0.15) is 64.8 Å². The van der Waals surface area contributed by atoms with Crippen LogP contribution in [0.25, 0.3) is 0 Å². The number of aromatic nitrogens is 1. The Balaban J connectivity index is 1.77. The van der Waals surface area contributed by atoms with Crippen LogP contribution < -0.4 is 5.32 Å². The lowest BCUT2D eigenvalue weighted by Gasteiger charge is -2.24. The number of nitrogens with zero attached hydrogens (tertiary/aromatic N) is 2. The third-order valence-electron chi connectivity index (χ3n) is 4.79. The molecule has 0 radical (unpaired) electrons. The minimum Gasteiger partial charge on any atom is -0.334 e. The highest BCUT2D eigenvalue weighted by Gasteiger charge is 2.32. The zero-order valence-electron chi connectivity index (χ0n) is 13.0. The van der Waals surface area contributed by atoms with E-state index in [0.29, 0.717) is 12.0 Å². The van der Waals surface area contributed by atoms with Gasteiger partial charge in [-0.15, -0.1) is 11.3 Å². The lowest BCUT2D eigenvalue weighted by atomic mass is 10.1. The van der Waals surface area contributed by atoms with E-state index in [1.165, 1.54) is 30.7 Å². The summed E-state index contributed by atoms with van der Waals surface area (Å²) in [6.45, 7) is 3.77. The number of rotatable bonds is 4. The van der Waals surface area contributed by atoms with Crippen LogP contribution in [0.4, 0.5) is 0 Å². The Hall–Kier alpha value is -0.940. The van der Waals surface area contributed by atoms with Gasteiger partial charge in [0.15, 0.2) is 0 Å². The van der Waals surface area contributed by atoms with Gasteiger partial charge in [-0.1, -0.05) is 12.8 Å². The van der Waals surface area contributed by atoms with Crippen molar-refractivity contribution in [3.63, 3.8) is 0 Å². The summed E-state index contributed by atoms with van der Waals surface area (Å²) in [4.78, 5) is 20.5. The molecule has 2 aliphatic rings. The van der Waals surface area contributed by atoms with Crippen molar-refractivity contribution in [3.8, 4) is 0 Å². The number of hydrogen-bond donors (Lipinski definition) is 1. The second-order valence-electron chi connectivity index (χ2n) is 6.30. The van der Waals surface area contributed by atoms with Gasteiger partial charge < -0.3 is 10.2 Å². The monoisotopic (exact) mass is 307 g/mol. The summed E-state index contributed by atoms with van der Waals surface area (Å²) in [7, 11) is 1.96. The van der Waals surface area contributed by atoms with Crippen LogP contribution in [0.15, 0.2) is 0 Å². The van der Waals surface area contributed by atoms with E-state index in [1.54, 1.807) is 11.3 Å². The Morgan fingerprint density at radius 2 is 2.10 bits per heavy atom. The van der Waals surface area contributed by atoms with Crippen LogP contribution in [-0.4, -0.2) is 42.0 Å². The summed E-state index contributed by atoms with van der Waals surface area (Å²) < 4.78 is 0. The molecule has 3 rings (SSSR count). The molecule has 1 atom stereocenters. The largest absolute Gasteiger partial charge is 0.334 e. The highest BCUT2D eigenvalue weighted by atomic mass is 32.1. The van der Waals surface area contributed by atoms with Crippen LogP contribution in [0.5, 0.6) is 0 Å². The number of thiazole rings is 1. The topological polar surface area (TPSA) is 45.2 Å². The van der Waals surface area contributed by atoms with E-state index < -0.39 is 0 Å². The van der Waals surface area contributed by atoms with E-state index >= 15 is 0 Å². The predicted molar refractivity (Wildman–Crippen MR) is 86.0 cm³/mol. The van der Waals surface area contributed by atoms with Crippen molar-refractivity contribution in [2.45, 2.75) is 57.4 Å². The minimum atomic E-state index is 0.201. The number of aryl methyl sites for hydroxylation is 1. The number of carbonyl (C=O) groups is 1. The van der Waals surface area contributed by atoms with Crippen LogP contribution in [0, 0.1) is 6.92 Å². The number of hydrogen-bond acceptors (Lipinski definition) is 4. The summed E-state index contributed by atoms with van der Waals surface area (Å²) in [5.74, 6) is 0.800. The van der Waals surface area contributed by atoms with E-state index in [4.69, 9.17) is 4.98 Å². The van der Waals surface area contributed by atoms with Crippen molar-refractivity contribution in [1.29, 1.82) is 0 Å². The summed E-state index contributed by atoms with van der Waals surface area (Å²) in [6.07, 6.45) is 7.33. The summed E-state index contributed by atoms with van der Waals surface area (Å²) in [5, 5.41) is 4.40. The van der Waals surface area contributed by atoms with E-state index in [9.17, 15) is 4.79 Å². The van der Waals surface area contributed by atoms with Crippen molar-refractivity contribution in [1.82, 2.24) is 15.2 Å². The maximum absolute atomic E-state index is 12.8. The molecule has 2 fully saturated rings. The van der Waals surface area contributed by atoms with Gasteiger partial charge in [0.05, 0.1) is 10.7 Å². The molecule has 1 aromatic heterocycles. The maximum atomic E-state index is 12.8. The first-order valence-electron chi connectivity index (χ1n) is 8.13. The molecular weight excluding hydrogens is 282 g/mol. The minimum absolute atomic E-state index is 0.201. The van der Waals surface area contributed by atoms with Crippen molar-refractivity contribution in [2.24, 2.45) is 0 Å². The van der Waals surface area contributed by atoms with E-state index in [2.05, 4.69) is 10.2 Å². The first kappa shape index (κ1) is 15.0. The van der Waals surface area contributed by atoms with Gasteiger partial charge in [-0.25, -0.2) is 4.98 Å². The Labute approximate surface area is 130 Å². The lowest BCUT2D eigenvalue weighted by Crippen LogP contribution is -2.40. The second-order valence-corrected chi connectivity index (χ2v) is 7.33. The molecule has 1 aliphatic heterocycles. The molecule has 1 saturated heterocycles. The molecule has 1 aromatic rings. The molecule has 116 valence electrons. The molecule has 0 aromatic carbocycles. The van der Waals surface area contributed by atoms with Gasteiger partial charge in [-0.2, -0.15) is 0 Å². The van der Waals surface area contributed by atoms with Gasteiger partial charge in [-0.05, 0) is 39.7 Å². The summed E-state index contributed by atoms with van der Waals surface area (Å²) >= 11 is 1.65. The Bertz CT molecular complexity index is 508. The van der Waals surface area contributed by atoms with Gasteiger partial charge in [-0.3, -0.25) is 4.79 Å². The van der Waals surface area contributed by atoms with E-state index in [-0.39, 0.29) is 5.91 Å². The standard InChI is InChI=1S/C16H25N3OS/c1-11-14(21-15(18-11)12-6-3-4-7-12)16(20)19-9-5-8-13(19)10-17-2/h12-13,17H,3-10H2,1-2H3. The lowest BCUT2D eigenvalue weighted by molar-refractivity contribution is 0.0741. The Kier molecular flexibility index (Phi) is 4.60. The van der Waals surface area contributed by atoms with Gasteiger partial charge in [0, 0.05) is 25.0 Å². The second kappa shape index (κ2) is 6.44. The highest BCUT2D eigenvalue weighted by Crippen LogP contribution is 2.37. The maximum Gasteiger partial charge on any atom is 0.266 e. The van der Waals surface area contributed by atoms with E-state index in [0.717, 1.165) is 36.5 Å². The third-order valence-corrected chi connectivity index (χ3v) is 6.10. The fourth-order valence-electron chi connectivity index (χ4n) is 3.64. The molecule has 1 amide bonds. The van der Waals surface area contributed by atoms with Crippen molar-refractivity contribution in [2.75, 3.05) is 20.1 Å². The number of nitrogens with one attached hydrogen (secondary N) is 1. The zero-order chi connectivity index (χ0) is 14.8. The van der Waals surface area contributed by atoms with Crippen LogP contribution >= 0.6 is 11.3 Å². The molecule has 1 N–H and O–H groups in total. The van der Waals surface area contributed by atoms with Crippen molar-refractivity contribution >= 4 is 17.2 Å². The molecule has 0 bridgehead atoms. The number of amides is 1. The van der Waals surface area contributed by atoms with Crippen molar-refractivity contribution in [3.05, 3.63) is 15.6 Å². The number of likely N-dealkylation sites (N-methyl/N-ethyl adjacent to an activating group) is 1. The molecule has 2 heterocycles. The molecule has 1 saturated carbocycles. The van der Waals surface area contributed by atoms with E-state index in [1.807, 2.05) is 14.0 Å². The van der Waals surface area contributed by atoms with Crippen LogP contribution in [-0.2, 0) is 0 Å². The van der Waals surface area contributed by atoms with Crippen LogP contribution in [0.3, 0.4) is 0 Å². The molecule has 5 heteroatoms. The van der Waals surface area contributed by atoms with Gasteiger partial charge in [0.2, 0.25) is 0 Å². The fraction of sp³-hybridized carbons (Fsp3) is 0.750. The summed E-state index contributed by atoms with van der Waals surface area (Å²) in [5.41, 5.74) is 0.932. The molecule has 0 spiro atoms.